The largest absolute Gasteiger partial charge is 0.495 e. The Balaban J connectivity index is 2.01. The van der Waals surface area contributed by atoms with Gasteiger partial charge in [-0.3, -0.25) is 0 Å². The Kier molecular flexibility index (Phi) is 5.05. The number of methoxy groups -OCH3 is 1. The molecule has 0 aliphatic rings. The lowest BCUT2D eigenvalue weighted by atomic mass is 10.1. The van der Waals surface area contributed by atoms with Crippen LogP contribution in [0.4, 0.5) is 5.69 Å². The molecule has 1 N–H and O–H groups in total. The fourth-order valence-electron chi connectivity index (χ4n) is 1.99. The predicted octanol–water partition coefficient (Wildman–Crippen LogP) is 3.58. The van der Waals surface area contributed by atoms with Crippen molar-refractivity contribution in [3.63, 3.8) is 0 Å². The quantitative estimate of drug-likeness (QED) is 0.880. The van der Waals surface area contributed by atoms with E-state index in [4.69, 9.17) is 14.7 Å². The third-order valence-electron chi connectivity index (χ3n) is 3.05. The lowest BCUT2D eigenvalue weighted by molar-refractivity contribution is 0.340. The Hall–Kier alpha value is -2.67. The van der Waals surface area contributed by atoms with Gasteiger partial charge in [0.2, 0.25) is 0 Å². The first kappa shape index (κ1) is 14.7. The first-order chi connectivity index (χ1) is 10.3. The van der Waals surface area contributed by atoms with Crippen LogP contribution in [0, 0.1) is 11.3 Å². The van der Waals surface area contributed by atoms with Crippen LogP contribution in [-0.2, 0) is 6.54 Å². The summed E-state index contributed by atoms with van der Waals surface area (Å²) >= 11 is 0. The average Bonchev–Trinajstić information content (AvgIpc) is 2.54. The fraction of sp³-hybridized carbons (Fsp3) is 0.235. The maximum absolute atomic E-state index is 9.08. The van der Waals surface area contributed by atoms with Gasteiger partial charge in [-0.05, 0) is 48.9 Å². The second-order valence-corrected chi connectivity index (χ2v) is 4.46. The lowest BCUT2D eigenvalue weighted by Crippen LogP contribution is -2.00. The van der Waals surface area contributed by atoms with Crippen molar-refractivity contribution in [2.45, 2.75) is 13.5 Å². The van der Waals surface area contributed by atoms with Gasteiger partial charge in [-0.1, -0.05) is 6.07 Å². The molecule has 2 rings (SSSR count). The standard InChI is InChI=1S/C17H18N2O2/c1-3-21-16-7-5-15(6-8-16)19-12-13-4-9-17(20-2)14(10-13)11-18/h4-10,19H,3,12H2,1-2H3. The van der Waals surface area contributed by atoms with Gasteiger partial charge in [0.25, 0.3) is 0 Å². The zero-order chi connectivity index (χ0) is 15.1. The number of rotatable bonds is 6. The highest BCUT2D eigenvalue weighted by atomic mass is 16.5. The minimum Gasteiger partial charge on any atom is -0.495 e. The van der Waals surface area contributed by atoms with Crippen molar-refractivity contribution in [1.82, 2.24) is 0 Å². The highest BCUT2D eigenvalue weighted by Gasteiger charge is 2.03. The van der Waals surface area contributed by atoms with Gasteiger partial charge in [-0.2, -0.15) is 5.26 Å². The van der Waals surface area contributed by atoms with E-state index in [1.807, 2.05) is 49.4 Å². The number of nitriles is 1. The zero-order valence-corrected chi connectivity index (χ0v) is 12.2. The van der Waals surface area contributed by atoms with Crippen LogP contribution in [-0.4, -0.2) is 13.7 Å². The number of nitrogens with one attached hydrogen (secondary N) is 1. The molecule has 0 atom stereocenters. The molecular formula is C17H18N2O2. The SMILES string of the molecule is CCOc1ccc(NCc2ccc(OC)c(C#N)c2)cc1. The number of nitrogens with zero attached hydrogens (tertiary/aromatic N) is 1. The Labute approximate surface area is 124 Å². The Bertz CT molecular complexity index is 630. The smallest absolute Gasteiger partial charge is 0.136 e. The van der Waals surface area contributed by atoms with Crippen LogP contribution in [0.25, 0.3) is 0 Å². The van der Waals surface area contributed by atoms with Crippen molar-refractivity contribution >= 4 is 5.69 Å². The lowest BCUT2D eigenvalue weighted by Gasteiger charge is -2.09. The summed E-state index contributed by atoms with van der Waals surface area (Å²) in [5.41, 5.74) is 2.58. The van der Waals surface area contributed by atoms with Crippen LogP contribution in [0.15, 0.2) is 42.5 Å². The molecule has 0 fully saturated rings. The molecule has 0 aliphatic carbocycles. The molecule has 0 radical (unpaired) electrons. The van der Waals surface area contributed by atoms with Gasteiger partial charge in [-0.15, -0.1) is 0 Å². The fourth-order valence-corrected chi connectivity index (χ4v) is 1.99. The van der Waals surface area contributed by atoms with Gasteiger partial charge in [0, 0.05) is 12.2 Å². The van der Waals surface area contributed by atoms with E-state index in [9.17, 15) is 0 Å². The molecule has 0 amide bonds. The number of hydrogen-bond donors (Lipinski definition) is 1. The van der Waals surface area contributed by atoms with Gasteiger partial charge in [-0.25, -0.2) is 0 Å². The number of hydrogen-bond acceptors (Lipinski definition) is 4. The van der Waals surface area contributed by atoms with Gasteiger partial charge < -0.3 is 14.8 Å². The van der Waals surface area contributed by atoms with E-state index in [0.717, 1.165) is 17.0 Å². The average molecular weight is 282 g/mol. The van der Waals surface area contributed by atoms with Crippen LogP contribution >= 0.6 is 0 Å². The summed E-state index contributed by atoms with van der Waals surface area (Å²) < 4.78 is 10.5. The molecule has 0 bridgehead atoms. The van der Waals surface area contributed by atoms with Crippen LogP contribution < -0.4 is 14.8 Å². The summed E-state index contributed by atoms with van der Waals surface area (Å²) in [5, 5.41) is 12.4. The number of benzene rings is 2. The Morgan fingerprint density at radius 3 is 2.52 bits per heavy atom. The van der Waals surface area contributed by atoms with Crippen LogP contribution in [0.5, 0.6) is 11.5 Å². The summed E-state index contributed by atoms with van der Waals surface area (Å²) in [6, 6.07) is 15.5. The molecule has 0 aromatic heterocycles. The van der Waals surface area contributed by atoms with Crippen LogP contribution in [0.1, 0.15) is 18.1 Å². The summed E-state index contributed by atoms with van der Waals surface area (Å²) in [6.07, 6.45) is 0. The van der Waals surface area contributed by atoms with Crippen molar-refractivity contribution in [1.29, 1.82) is 5.26 Å². The van der Waals surface area contributed by atoms with Gasteiger partial charge >= 0.3 is 0 Å². The van der Waals surface area contributed by atoms with E-state index in [-0.39, 0.29) is 0 Å². The van der Waals surface area contributed by atoms with E-state index in [1.165, 1.54) is 0 Å². The number of anilines is 1. The van der Waals surface area contributed by atoms with E-state index in [2.05, 4.69) is 11.4 Å². The molecule has 0 unspecified atom stereocenters. The van der Waals surface area contributed by atoms with Crippen LogP contribution in [0.2, 0.25) is 0 Å². The van der Waals surface area contributed by atoms with E-state index in [1.54, 1.807) is 7.11 Å². The molecule has 2 aromatic carbocycles. The first-order valence-corrected chi connectivity index (χ1v) is 6.80. The third kappa shape index (κ3) is 3.90. The molecule has 4 heteroatoms. The summed E-state index contributed by atoms with van der Waals surface area (Å²) in [6.45, 7) is 3.27. The molecule has 0 aliphatic heterocycles. The Morgan fingerprint density at radius 2 is 1.90 bits per heavy atom. The van der Waals surface area contributed by atoms with E-state index >= 15 is 0 Å². The highest BCUT2D eigenvalue weighted by molar-refractivity contribution is 5.49. The summed E-state index contributed by atoms with van der Waals surface area (Å²) in [4.78, 5) is 0. The Morgan fingerprint density at radius 1 is 1.14 bits per heavy atom. The molecule has 0 spiro atoms. The molecule has 2 aromatic rings. The normalized spacial score (nSPS) is 9.76. The summed E-state index contributed by atoms with van der Waals surface area (Å²) in [5.74, 6) is 1.46. The minimum atomic E-state index is 0.545. The van der Waals surface area contributed by atoms with Gasteiger partial charge in [0.05, 0.1) is 19.3 Å². The van der Waals surface area contributed by atoms with Gasteiger partial charge in [0.1, 0.15) is 17.6 Å². The van der Waals surface area contributed by atoms with Gasteiger partial charge in [0.15, 0.2) is 0 Å². The second-order valence-electron chi connectivity index (χ2n) is 4.46. The predicted molar refractivity (Wildman–Crippen MR) is 82.6 cm³/mol. The zero-order valence-electron chi connectivity index (χ0n) is 12.2. The maximum atomic E-state index is 9.08. The van der Waals surface area contributed by atoms with Crippen molar-refractivity contribution < 1.29 is 9.47 Å². The maximum Gasteiger partial charge on any atom is 0.136 e. The van der Waals surface area contributed by atoms with E-state index < -0.39 is 0 Å². The molecule has 0 heterocycles. The second kappa shape index (κ2) is 7.20. The highest BCUT2D eigenvalue weighted by Crippen LogP contribution is 2.20. The molecule has 0 saturated carbocycles. The minimum absolute atomic E-state index is 0.545. The molecule has 21 heavy (non-hydrogen) atoms. The van der Waals surface area contributed by atoms with Crippen molar-refractivity contribution in [2.24, 2.45) is 0 Å². The van der Waals surface area contributed by atoms with E-state index in [0.29, 0.717) is 24.5 Å². The van der Waals surface area contributed by atoms with Crippen molar-refractivity contribution in [3.8, 4) is 17.6 Å². The molecular weight excluding hydrogens is 264 g/mol. The third-order valence-corrected chi connectivity index (χ3v) is 3.05. The molecule has 0 saturated heterocycles. The number of ether oxygens (including phenoxy) is 2. The first-order valence-electron chi connectivity index (χ1n) is 6.80. The monoisotopic (exact) mass is 282 g/mol. The topological polar surface area (TPSA) is 54.3 Å². The van der Waals surface area contributed by atoms with Crippen LogP contribution in [0.3, 0.4) is 0 Å². The van der Waals surface area contributed by atoms with Crippen molar-refractivity contribution in [2.75, 3.05) is 19.0 Å². The molecule has 4 nitrogen and oxygen atoms in total. The summed E-state index contributed by atoms with van der Waals surface area (Å²) in [7, 11) is 1.56. The van der Waals surface area contributed by atoms with Crippen molar-refractivity contribution in [3.05, 3.63) is 53.6 Å². The molecule has 108 valence electrons.